The van der Waals surface area contributed by atoms with Crippen LogP contribution in [-0.2, 0) is 10.0 Å². The Morgan fingerprint density at radius 1 is 1.09 bits per heavy atom. The number of hydrogen-bond donors (Lipinski definition) is 1. The van der Waals surface area contributed by atoms with E-state index in [9.17, 15) is 8.42 Å². The van der Waals surface area contributed by atoms with Crippen molar-refractivity contribution in [3.8, 4) is 11.8 Å². The molecule has 3 rings (SSSR count). The molecular weight excluding hydrogens is 320 g/mol. The predicted molar refractivity (Wildman–Crippen MR) is 85.4 cm³/mol. The van der Waals surface area contributed by atoms with Crippen molar-refractivity contribution in [1.82, 2.24) is 14.7 Å². The van der Waals surface area contributed by atoms with E-state index < -0.39 is 10.0 Å². The third-order valence-corrected chi connectivity index (χ3v) is 6.17. The molecule has 1 aliphatic heterocycles. The predicted octanol–water partition coefficient (Wildman–Crippen LogP) is 0.544. The minimum Gasteiger partial charge on any atom is -0.481 e. The Labute approximate surface area is 136 Å². The standard InChI is InChI=1S/C14H22N4O4S/c1-21-12-9-13(22-2)16-14(15-12)18-7-5-10(6-8-18)17-23(19,20)11-3-4-11/h9-11,17H,3-8H2,1-2H3. The molecule has 1 saturated heterocycles. The van der Waals surface area contributed by atoms with Crippen molar-refractivity contribution < 1.29 is 17.9 Å². The molecule has 1 aromatic heterocycles. The van der Waals surface area contributed by atoms with Gasteiger partial charge in [-0.2, -0.15) is 9.97 Å². The van der Waals surface area contributed by atoms with Gasteiger partial charge in [0.15, 0.2) is 0 Å². The number of hydrogen-bond acceptors (Lipinski definition) is 7. The van der Waals surface area contributed by atoms with Gasteiger partial charge in [0.05, 0.1) is 25.5 Å². The Morgan fingerprint density at radius 3 is 2.13 bits per heavy atom. The van der Waals surface area contributed by atoms with Crippen molar-refractivity contribution in [3.63, 3.8) is 0 Å². The first-order valence-corrected chi connectivity index (χ1v) is 9.29. The molecule has 0 unspecified atom stereocenters. The molecule has 23 heavy (non-hydrogen) atoms. The Balaban J connectivity index is 1.62. The molecular formula is C14H22N4O4S. The van der Waals surface area contributed by atoms with Gasteiger partial charge in [0.2, 0.25) is 27.7 Å². The lowest BCUT2D eigenvalue weighted by Crippen LogP contribution is -2.46. The second-order valence-electron chi connectivity index (χ2n) is 5.88. The van der Waals surface area contributed by atoms with Gasteiger partial charge >= 0.3 is 0 Å². The van der Waals surface area contributed by atoms with Crippen molar-refractivity contribution in [2.75, 3.05) is 32.2 Å². The van der Waals surface area contributed by atoms with Crippen LogP contribution in [0, 0.1) is 0 Å². The highest BCUT2D eigenvalue weighted by atomic mass is 32.2. The average Bonchev–Trinajstić information content (AvgIpc) is 3.40. The van der Waals surface area contributed by atoms with Gasteiger partial charge in [-0.1, -0.05) is 0 Å². The molecule has 0 amide bonds. The van der Waals surface area contributed by atoms with E-state index >= 15 is 0 Å². The molecule has 1 aliphatic carbocycles. The molecule has 2 fully saturated rings. The molecule has 0 aromatic carbocycles. The molecule has 2 heterocycles. The minimum atomic E-state index is -3.13. The van der Waals surface area contributed by atoms with Crippen LogP contribution in [0.1, 0.15) is 25.7 Å². The highest BCUT2D eigenvalue weighted by molar-refractivity contribution is 7.90. The van der Waals surface area contributed by atoms with Crippen molar-refractivity contribution in [2.45, 2.75) is 37.0 Å². The molecule has 0 atom stereocenters. The van der Waals surface area contributed by atoms with Crippen LogP contribution in [0.5, 0.6) is 11.8 Å². The van der Waals surface area contributed by atoms with Crippen molar-refractivity contribution >= 4 is 16.0 Å². The summed E-state index contributed by atoms with van der Waals surface area (Å²) in [6, 6.07) is 1.62. The topological polar surface area (TPSA) is 93.7 Å². The lowest BCUT2D eigenvalue weighted by atomic mass is 10.1. The average molecular weight is 342 g/mol. The maximum Gasteiger partial charge on any atom is 0.231 e. The van der Waals surface area contributed by atoms with E-state index in [0.717, 1.165) is 25.7 Å². The molecule has 2 aliphatic rings. The van der Waals surface area contributed by atoms with E-state index in [1.54, 1.807) is 20.3 Å². The van der Waals surface area contributed by atoms with Gasteiger partial charge in [-0.15, -0.1) is 0 Å². The Hall–Kier alpha value is -1.61. The maximum atomic E-state index is 12.0. The third kappa shape index (κ3) is 3.84. The smallest absolute Gasteiger partial charge is 0.231 e. The first-order valence-electron chi connectivity index (χ1n) is 7.75. The van der Waals surface area contributed by atoms with Crippen LogP contribution in [0.2, 0.25) is 0 Å². The number of anilines is 1. The van der Waals surface area contributed by atoms with Crippen molar-refractivity contribution in [2.24, 2.45) is 0 Å². The second kappa shape index (κ2) is 6.48. The van der Waals surface area contributed by atoms with Crippen LogP contribution in [0.3, 0.4) is 0 Å². The van der Waals surface area contributed by atoms with Crippen molar-refractivity contribution in [3.05, 3.63) is 6.07 Å². The van der Waals surface area contributed by atoms with E-state index in [1.807, 2.05) is 4.90 Å². The molecule has 0 radical (unpaired) electrons. The van der Waals surface area contributed by atoms with Crippen molar-refractivity contribution in [1.29, 1.82) is 0 Å². The molecule has 8 nitrogen and oxygen atoms in total. The number of rotatable bonds is 6. The minimum absolute atomic E-state index is 0.00986. The Morgan fingerprint density at radius 2 is 1.65 bits per heavy atom. The second-order valence-corrected chi connectivity index (χ2v) is 7.87. The van der Waals surface area contributed by atoms with Gasteiger partial charge in [-0.25, -0.2) is 13.1 Å². The van der Waals surface area contributed by atoms with Crippen LogP contribution < -0.4 is 19.1 Å². The zero-order chi connectivity index (χ0) is 16.4. The Bertz CT molecular complexity index is 632. The van der Waals surface area contributed by atoms with Gasteiger partial charge in [0, 0.05) is 19.1 Å². The lowest BCUT2D eigenvalue weighted by Gasteiger charge is -2.32. The number of nitrogens with zero attached hydrogens (tertiary/aromatic N) is 3. The van der Waals surface area contributed by atoms with E-state index in [-0.39, 0.29) is 11.3 Å². The zero-order valence-electron chi connectivity index (χ0n) is 13.4. The molecule has 1 aromatic rings. The number of aromatic nitrogens is 2. The van der Waals surface area contributed by atoms with Gasteiger partial charge < -0.3 is 14.4 Å². The summed E-state index contributed by atoms with van der Waals surface area (Å²) < 4.78 is 37.1. The molecule has 1 N–H and O–H groups in total. The van der Waals surface area contributed by atoms with Gasteiger partial charge in [-0.05, 0) is 25.7 Å². The summed E-state index contributed by atoms with van der Waals surface area (Å²) in [7, 11) is -0.0378. The first-order chi connectivity index (χ1) is 11.0. The largest absolute Gasteiger partial charge is 0.481 e. The fourth-order valence-electron chi connectivity index (χ4n) is 2.65. The number of ether oxygens (including phenoxy) is 2. The lowest BCUT2D eigenvalue weighted by molar-refractivity contribution is 0.369. The molecule has 9 heteroatoms. The number of piperidine rings is 1. The molecule has 0 bridgehead atoms. The van der Waals surface area contributed by atoms with Crippen LogP contribution in [-0.4, -0.2) is 57.0 Å². The Kier molecular flexibility index (Phi) is 4.58. The van der Waals surface area contributed by atoms with Gasteiger partial charge in [-0.3, -0.25) is 0 Å². The van der Waals surface area contributed by atoms with E-state index in [2.05, 4.69) is 14.7 Å². The van der Waals surface area contributed by atoms with E-state index in [0.29, 0.717) is 30.8 Å². The molecule has 128 valence electrons. The van der Waals surface area contributed by atoms with Gasteiger partial charge in [0.1, 0.15) is 0 Å². The van der Waals surface area contributed by atoms with E-state index in [1.165, 1.54) is 0 Å². The normalized spacial score (nSPS) is 19.7. The van der Waals surface area contributed by atoms with Crippen LogP contribution in [0.4, 0.5) is 5.95 Å². The summed E-state index contributed by atoms with van der Waals surface area (Å²) in [5, 5.41) is -0.175. The number of nitrogens with one attached hydrogen (secondary N) is 1. The first kappa shape index (κ1) is 16.3. The summed E-state index contributed by atoms with van der Waals surface area (Å²) >= 11 is 0. The summed E-state index contributed by atoms with van der Waals surface area (Å²) in [4.78, 5) is 10.7. The zero-order valence-corrected chi connectivity index (χ0v) is 14.2. The van der Waals surface area contributed by atoms with Crippen LogP contribution in [0.25, 0.3) is 0 Å². The fourth-order valence-corrected chi connectivity index (χ4v) is 4.30. The fraction of sp³-hybridized carbons (Fsp3) is 0.714. The van der Waals surface area contributed by atoms with E-state index in [4.69, 9.17) is 9.47 Å². The molecule has 1 saturated carbocycles. The summed E-state index contributed by atoms with van der Waals surface area (Å²) in [6.45, 7) is 1.38. The summed E-state index contributed by atoms with van der Waals surface area (Å²) in [5.41, 5.74) is 0. The summed E-state index contributed by atoms with van der Waals surface area (Å²) in [6.07, 6.45) is 3.03. The quantitative estimate of drug-likeness (QED) is 0.806. The number of sulfonamides is 1. The van der Waals surface area contributed by atoms with Crippen LogP contribution >= 0.6 is 0 Å². The van der Waals surface area contributed by atoms with Crippen LogP contribution in [0.15, 0.2) is 6.07 Å². The monoisotopic (exact) mass is 342 g/mol. The maximum absolute atomic E-state index is 12.0. The third-order valence-electron chi connectivity index (χ3n) is 4.16. The SMILES string of the molecule is COc1cc(OC)nc(N2CCC(NS(=O)(=O)C3CC3)CC2)n1. The number of methoxy groups -OCH3 is 2. The highest BCUT2D eigenvalue weighted by Gasteiger charge is 2.37. The van der Waals surface area contributed by atoms with Gasteiger partial charge in [0.25, 0.3) is 0 Å². The summed E-state index contributed by atoms with van der Waals surface area (Å²) in [5.74, 6) is 1.44. The molecule has 0 spiro atoms. The highest BCUT2D eigenvalue weighted by Crippen LogP contribution is 2.29.